The zero-order chi connectivity index (χ0) is 25.6. The van der Waals surface area contributed by atoms with E-state index in [1.165, 1.54) is 37.3 Å². The van der Waals surface area contributed by atoms with Gasteiger partial charge in [0.25, 0.3) is 5.91 Å². The van der Waals surface area contributed by atoms with Crippen molar-refractivity contribution in [3.05, 3.63) is 77.9 Å². The number of halogens is 3. The van der Waals surface area contributed by atoms with Crippen molar-refractivity contribution < 1.29 is 32.1 Å². The number of carbonyl (C=O) groups is 2. The summed E-state index contributed by atoms with van der Waals surface area (Å²) in [5.74, 6) is -0.757. The molecule has 184 valence electrons. The van der Waals surface area contributed by atoms with E-state index >= 15 is 0 Å². The second kappa shape index (κ2) is 11.0. The van der Waals surface area contributed by atoms with Crippen LogP contribution < -0.4 is 15.4 Å². The average molecular weight is 506 g/mol. The molecular formula is C24H22F3N3O4S. The first-order valence-corrected chi connectivity index (χ1v) is 11.7. The highest BCUT2D eigenvalue weighted by Crippen LogP contribution is 2.31. The van der Waals surface area contributed by atoms with Crippen LogP contribution in [0, 0.1) is 0 Å². The first kappa shape index (κ1) is 25.8. The van der Waals surface area contributed by atoms with Gasteiger partial charge >= 0.3 is 6.18 Å². The van der Waals surface area contributed by atoms with Gasteiger partial charge in [-0.1, -0.05) is 24.3 Å². The molecule has 0 aromatic heterocycles. The van der Waals surface area contributed by atoms with E-state index < -0.39 is 28.6 Å². The normalized spacial score (nSPS) is 12.0. The van der Waals surface area contributed by atoms with Crippen molar-refractivity contribution in [2.24, 2.45) is 0 Å². The number of anilines is 2. The molecular weight excluding hydrogens is 483 g/mol. The fourth-order valence-electron chi connectivity index (χ4n) is 3.06. The molecule has 0 aliphatic heterocycles. The number of carbonyl (C=O) groups excluding carboxylic acids is 2. The van der Waals surface area contributed by atoms with Crippen LogP contribution in [0.4, 0.5) is 24.5 Å². The molecule has 4 N–H and O–H groups in total. The minimum absolute atomic E-state index is 0.112. The summed E-state index contributed by atoms with van der Waals surface area (Å²) < 4.78 is 52.9. The fourth-order valence-corrected chi connectivity index (χ4v) is 3.86. The highest BCUT2D eigenvalue weighted by atomic mass is 32.2. The lowest BCUT2D eigenvalue weighted by Crippen LogP contribution is -2.26. The molecule has 7 nitrogen and oxygen atoms in total. The van der Waals surface area contributed by atoms with Crippen LogP contribution >= 0.6 is 0 Å². The van der Waals surface area contributed by atoms with E-state index in [0.29, 0.717) is 22.4 Å². The van der Waals surface area contributed by atoms with Crippen LogP contribution in [0.2, 0.25) is 0 Å². The molecule has 0 saturated heterocycles. The summed E-state index contributed by atoms with van der Waals surface area (Å²) >= 11 is 0. The Morgan fingerprint density at radius 3 is 2.11 bits per heavy atom. The number of hydrogen-bond donors (Lipinski definition) is 4. The number of rotatable bonds is 8. The van der Waals surface area contributed by atoms with Gasteiger partial charge in [-0.25, -0.2) is 4.21 Å². The minimum atomic E-state index is -4.41. The lowest BCUT2D eigenvalue weighted by atomic mass is 10.0. The lowest BCUT2D eigenvalue weighted by molar-refractivity contribution is -0.137. The first-order valence-electron chi connectivity index (χ1n) is 10.3. The maximum atomic E-state index is 12.7. The Morgan fingerprint density at radius 1 is 0.943 bits per heavy atom. The van der Waals surface area contributed by atoms with Crippen molar-refractivity contribution in [1.29, 1.82) is 0 Å². The van der Waals surface area contributed by atoms with Crippen molar-refractivity contribution in [3.8, 4) is 16.9 Å². The summed E-state index contributed by atoms with van der Waals surface area (Å²) in [6.45, 7) is 1.53. The second-order valence-corrected chi connectivity index (χ2v) is 8.78. The van der Waals surface area contributed by atoms with E-state index in [2.05, 4.69) is 15.4 Å². The van der Waals surface area contributed by atoms with Crippen molar-refractivity contribution in [1.82, 2.24) is 5.32 Å². The van der Waals surface area contributed by atoms with Crippen molar-refractivity contribution in [3.63, 3.8) is 0 Å². The third kappa shape index (κ3) is 7.31. The van der Waals surface area contributed by atoms with E-state index in [1.807, 2.05) is 0 Å². The fraction of sp³-hybridized carbons (Fsp3) is 0.167. The van der Waals surface area contributed by atoms with E-state index in [1.54, 1.807) is 24.3 Å². The third-order valence-electron chi connectivity index (χ3n) is 4.83. The predicted octanol–water partition coefficient (Wildman–Crippen LogP) is 4.54. The van der Waals surface area contributed by atoms with E-state index in [9.17, 15) is 32.1 Å². The number of hydrogen-bond acceptors (Lipinski definition) is 4. The molecule has 3 aromatic carbocycles. The van der Waals surface area contributed by atoms with Crippen molar-refractivity contribution >= 4 is 34.2 Å². The molecule has 1 atom stereocenters. The maximum absolute atomic E-state index is 12.7. The number of benzene rings is 3. The van der Waals surface area contributed by atoms with Gasteiger partial charge in [0.15, 0.2) is 0 Å². The molecule has 11 heteroatoms. The molecule has 35 heavy (non-hydrogen) atoms. The van der Waals surface area contributed by atoms with Crippen LogP contribution in [0.15, 0.2) is 66.7 Å². The maximum Gasteiger partial charge on any atom is 0.416 e. The summed E-state index contributed by atoms with van der Waals surface area (Å²) in [4.78, 5) is 23.5. The molecule has 0 bridgehead atoms. The van der Waals surface area contributed by atoms with Gasteiger partial charge in [-0.05, 0) is 53.6 Å². The molecule has 0 saturated carbocycles. The largest absolute Gasteiger partial charge is 0.506 e. The van der Waals surface area contributed by atoms with Gasteiger partial charge in [-0.15, -0.1) is 0 Å². The van der Waals surface area contributed by atoms with Crippen molar-refractivity contribution in [2.45, 2.75) is 13.1 Å². The summed E-state index contributed by atoms with van der Waals surface area (Å²) in [6, 6.07) is 15.3. The molecule has 3 rings (SSSR count). The molecule has 0 heterocycles. The summed E-state index contributed by atoms with van der Waals surface area (Å²) in [5, 5.41) is 15.2. The number of alkyl halides is 3. The molecule has 0 aliphatic rings. The summed E-state index contributed by atoms with van der Waals surface area (Å²) in [5.41, 5.74) is 1.26. The van der Waals surface area contributed by atoms with Gasteiger partial charge in [-0.2, -0.15) is 13.2 Å². The molecule has 0 spiro atoms. The van der Waals surface area contributed by atoms with Crippen LogP contribution in [0.1, 0.15) is 22.8 Å². The summed E-state index contributed by atoms with van der Waals surface area (Å²) in [7, 11) is -1.58. The molecule has 0 radical (unpaired) electrons. The smallest absolute Gasteiger partial charge is 0.416 e. The molecule has 0 aliphatic carbocycles. The Morgan fingerprint density at radius 2 is 1.54 bits per heavy atom. The highest BCUT2D eigenvalue weighted by molar-refractivity contribution is 7.86. The van der Waals surface area contributed by atoms with Gasteiger partial charge in [0, 0.05) is 24.7 Å². The molecule has 0 fully saturated rings. The van der Waals surface area contributed by atoms with Gasteiger partial charge in [0.1, 0.15) is 16.7 Å². The topological polar surface area (TPSA) is 108 Å². The Labute approximate surface area is 202 Å². The zero-order valence-corrected chi connectivity index (χ0v) is 19.3. The number of nitrogens with one attached hydrogen (secondary N) is 3. The van der Waals surface area contributed by atoms with Gasteiger partial charge in [-0.3, -0.25) is 9.59 Å². The van der Waals surface area contributed by atoms with E-state index in [-0.39, 0.29) is 29.6 Å². The van der Waals surface area contributed by atoms with Gasteiger partial charge in [0.05, 0.1) is 17.0 Å². The van der Waals surface area contributed by atoms with Crippen LogP contribution in [-0.4, -0.2) is 33.4 Å². The van der Waals surface area contributed by atoms with Crippen LogP contribution in [-0.2, 0) is 22.0 Å². The number of phenols is 1. The quantitative estimate of drug-likeness (QED) is 0.266. The molecule has 1 unspecified atom stereocenters. The lowest BCUT2D eigenvalue weighted by Gasteiger charge is -2.12. The van der Waals surface area contributed by atoms with Crippen LogP contribution in [0.25, 0.3) is 11.1 Å². The summed E-state index contributed by atoms with van der Waals surface area (Å²) in [6.07, 6.45) is -4.41. The Kier molecular flexibility index (Phi) is 8.13. The predicted molar refractivity (Wildman–Crippen MR) is 128 cm³/mol. The zero-order valence-electron chi connectivity index (χ0n) is 18.5. The number of amides is 2. The monoisotopic (exact) mass is 505 g/mol. The number of phenolic OH excluding ortho intramolecular Hbond substituents is 1. The van der Waals surface area contributed by atoms with Gasteiger partial charge < -0.3 is 20.5 Å². The minimum Gasteiger partial charge on any atom is -0.506 e. The first-order chi connectivity index (χ1) is 16.5. The van der Waals surface area contributed by atoms with Crippen LogP contribution in [0.5, 0.6) is 5.75 Å². The second-order valence-electron chi connectivity index (χ2n) is 7.47. The van der Waals surface area contributed by atoms with E-state index in [4.69, 9.17) is 0 Å². The van der Waals surface area contributed by atoms with E-state index in [0.717, 1.165) is 12.1 Å². The Balaban J connectivity index is 1.65. The van der Waals surface area contributed by atoms with Gasteiger partial charge in [0.2, 0.25) is 5.91 Å². The standard InChI is InChI=1S/C24H22F3N3O4S/c1-15(31)28-12-13-35(34)30-21-14-20(10-11-22(21)32)29-23(33)18-4-2-16(3-5-18)17-6-8-19(9-7-17)24(25,26)27/h2-11,14,30,32H,12-13H2,1H3,(H,28,31)(H,29,33). The molecule has 3 aromatic rings. The Bertz CT molecular complexity index is 1230. The third-order valence-corrected chi connectivity index (χ3v) is 5.85. The average Bonchev–Trinajstić information content (AvgIpc) is 2.80. The van der Waals surface area contributed by atoms with Crippen molar-refractivity contribution in [2.75, 3.05) is 22.3 Å². The van der Waals surface area contributed by atoms with Crippen LogP contribution in [0.3, 0.4) is 0 Å². The Hall–Kier alpha value is -3.86. The number of aromatic hydroxyl groups is 1. The highest BCUT2D eigenvalue weighted by Gasteiger charge is 2.29. The SMILES string of the molecule is CC(=O)NCCS(=O)Nc1cc(NC(=O)c2ccc(-c3ccc(C(F)(F)F)cc3)cc2)ccc1O. The molecule has 2 amide bonds.